The second-order valence-electron chi connectivity index (χ2n) is 4.18. The summed E-state index contributed by atoms with van der Waals surface area (Å²) in [5, 5.41) is 9.33. The van der Waals surface area contributed by atoms with E-state index in [1.54, 1.807) is 0 Å². The molecule has 0 bridgehead atoms. The maximum absolute atomic E-state index is 11.2. The fourth-order valence-electron chi connectivity index (χ4n) is 0.985. The second kappa shape index (κ2) is 9.23. The Labute approximate surface area is 98.2 Å². The van der Waals surface area contributed by atoms with Crippen LogP contribution in [-0.2, 0) is 9.53 Å². The SMILES string of the molecule is CCCCOC(=O)C(O)C#CCCC(C)C. The zero-order valence-corrected chi connectivity index (χ0v) is 10.5. The number of carbonyl (C=O) groups is 1. The van der Waals surface area contributed by atoms with E-state index in [0.717, 1.165) is 19.3 Å². The summed E-state index contributed by atoms with van der Waals surface area (Å²) in [6.45, 7) is 6.59. The first-order valence-electron chi connectivity index (χ1n) is 5.91. The Morgan fingerprint density at radius 2 is 2.12 bits per heavy atom. The Kier molecular flexibility index (Phi) is 8.65. The van der Waals surface area contributed by atoms with E-state index in [4.69, 9.17) is 4.74 Å². The molecule has 16 heavy (non-hydrogen) atoms. The number of aliphatic hydroxyl groups excluding tert-OH is 1. The van der Waals surface area contributed by atoms with Crippen LogP contribution in [0.1, 0.15) is 46.5 Å². The molecule has 0 radical (unpaired) electrons. The summed E-state index contributed by atoms with van der Waals surface area (Å²) >= 11 is 0. The normalized spacial score (nSPS) is 11.8. The Balaban J connectivity index is 3.76. The van der Waals surface area contributed by atoms with Crippen molar-refractivity contribution >= 4 is 5.97 Å². The molecule has 0 saturated heterocycles. The van der Waals surface area contributed by atoms with Crippen LogP contribution < -0.4 is 0 Å². The van der Waals surface area contributed by atoms with E-state index in [1.807, 2.05) is 6.92 Å². The lowest BCUT2D eigenvalue weighted by Crippen LogP contribution is -2.21. The van der Waals surface area contributed by atoms with Crippen LogP contribution in [0.4, 0.5) is 0 Å². The number of hydrogen-bond acceptors (Lipinski definition) is 3. The van der Waals surface area contributed by atoms with Gasteiger partial charge < -0.3 is 9.84 Å². The fraction of sp³-hybridized carbons (Fsp3) is 0.769. The lowest BCUT2D eigenvalue weighted by atomic mass is 10.1. The number of unbranched alkanes of at least 4 members (excludes halogenated alkanes) is 1. The number of esters is 1. The van der Waals surface area contributed by atoms with Crippen molar-refractivity contribution < 1.29 is 14.6 Å². The van der Waals surface area contributed by atoms with E-state index in [-0.39, 0.29) is 0 Å². The summed E-state index contributed by atoms with van der Waals surface area (Å²) in [5.41, 5.74) is 0. The molecule has 3 nitrogen and oxygen atoms in total. The highest BCUT2D eigenvalue weighted by molar-refractivity contribution is 5.77. The van der Waals surface area contributed by atoms with E-state index < -0.39 is 12.1 Å². The first-order valence-corrected chi connectivity index (χ1v) is 5.91. The molecule has 0 heterocycles. The average molecular weight is 226 g/mol. The minimum Gasteiger partial charge on any atom is -0.463 e. The molecule has 0 aliphatic carbocycles. The van der Waals surface area contributed by atoms with Crippen LogP contribution in [0.5, 0.6) is 0 Å². The highest BCUT2D eigenvalue weighted by Gasteiger charge is 2.12. The largest absolute Gasteiger partial charge is 0.463 e. The molecule has 0 aliphatic heterocycles. The van der Waals surface area contributed by atoms with Crippen LogP contribution in [0.3, 0.4) is 0 Å². The van der Waals surface area contributed by atoms with Crippen molar-refractivity contribution in [1.82, 2.24) is 0 Å². The minimum atomic E-state index is -1.29. The maximum Gasteiger partial charge on any atom is 0.347 e. The number of aliphatic hydroxyl groups is 1. The van der Waals surface area contributed by atoms with E-state index in [1.165, 1.54) is 0 Å². The molecule has 1 atom stereocenters. The van der Waals surface area contributed by atoms with Gasteiger partial charge in [-0.15, -0.1) is 0 Å². The molecule has 0 saturated carbocycles. The van der Waals surface area contributed by atoms with Crippen LogP contribution in [0, 0.1) is 17.8 Å². The van der Waals surface area contributed by atoms with Crippen LogP contribution in [0.25, 0.3) is 0 Å². The molecule has 0 aromatic carbocycles. The van der Waals surface area contributed by atoms with Crippen LogP contribution >= 0.6 is 0 Å². The summed E-state index contributed by atoms with van der Waals surface area (Å²) in [6, 6.07) is 0. The lowest BCUT2D eigenvalue weighted by Gasteiger charge is -2.04. The number of ether oxygens (including phenoxy) is 1. The highest BCUT2D eigenvalue weighted by atomic mass is 16.5. The van der Waals surface area contributed by atoms with E-state index in [9.17, 15) is 9.90 Å². The van der Waals surface area contributed by atoms with Gasteiger partial charge >= 0.3 is 5.97 Å². The molecule has 0 aliphatic rings. The summed E-state index contributed by atoms with van der Waals surface area (Å²) in [4.78, 5) is 11.2. The third-order valence-corrected chi connectivity index (χ3v) is 2.05. The molecule has 1 N–H and O–H groups in total. The molecule has 3 heteroatoms. The molecular formula is C13H22O3. The van der Waals surface area contributed by atoms with Gasteiger partial charge in [-0.25, -0.2) is 4.79 Å². The third-order valence-electron chi connectivity index (χ3n) is 2.05. The van der Waals surface area contributed by atoms with Crippen molar-refractivity contribution in [3.63, 3.8) is 0 Å². The molecular weight excluding hydrogens is 204 g/mol. The average Bonchev–Trinajstić information content (AvgIpc) is 2.24. The minimum absolute atomic E-state index is 0.361. The molecule has 0 aromatic rings. The molecule has 92 valence electrons. The van der Waals surface area contributed by atoms with Crippen molar-refractivity contribution in [1.29, 1.82) is 0 Å². The topological polar surface area (TPSA) is 46.5 Å². The molecule has 0 rings (SSSR count). The molecule has 0 spiro atoms. The first kappa shape index (κ1) is 15.0. The quantitative estimate of drug-likeness (QED) is 0.429. The highest BCUT2D eigenvalue weighted by Crippen LogP contribution is 2.01. The summed E-state index contributed by atoms with van der Waals surface area (Å²) in [5.74, 6) is 5.23. The van der Waals surface area contributed by atoms with Crippen LogP contribution in [0.15, 0.2) is 0 Å². The first-order chi connectivity index (χ1) is 7.57. The van der Waals surface area contributed by atoms with Gasteiger partial charge in [0.15, 0.2) is 0 Å². The summed E-state index contributed by atoms with van der Waals surface area (Å²) in [6.07, 6.45) is 2.17. The van der Waals surface area contributed by atoms with Gasteiger partial charge in [0.25, 0.3) is 0 Å². The monoisotopic (exact) mass is 226 g/mol. The predicted octanol–water partition coefficient (Wildman–Crippen LogP) is 2.13. The van der Waals surface area contributed by atoms with Gasteiger partial charge in [-0.3, -0.25) is 0 Å². The van der Waals surface area contributed by atoms with Gasteiger partial charge in [-0.2, -0.15) is 0 Å². The van der Waals surface area contributed by atoms with Crippen molar-refractivity contribution in [3.8, 4) is 11.8 Å². The van der Waals surface area contributed by atoms with Crippen molar-refractivity contribution in [2.75, 3.05) is 6.61 Å². The van der Waals surface area contributed by atoms with E-state index in [2.05, 4.69) is 25.7 Å². The predicted molar refractivity (Wildman–Crippen MR) is 63.7 cm³/mol. The summed E-state index contributed by atoms with van der Waals surface area (Å²) in [7, 11) is 0. The molecule has 1 unspecified atom stereocenters. The Bertz CT molecular complexity index is 248. The van der Waals surface area contributed by atoms with E-state index >= 15 is 0 Å². The number of hydrogen-bond donors (Lipinski definition) is 1. The molecule has 0 aromatic heterocycles. The fourth-order valence-corrected chi connectivity index (χ4v) is 0.985. The van der Waals surface area contributed by atoms with Gasteiger partial charge in [0, 0.05) is 6.42 Å². The third kappa shape index (κ3) is 8.31. The van der Waals surface area contributed by atoms with Gasteiger partial charge in [-0.1, -0.05) is 39.0 Å². The van der Waals surface area contributed by atoms with Crippen LogP contribution in [-0.4, -0.2) is 23.8 Å². The Morgan fingerprint density at radius 1 is 1.44 bits per heavy atom. The number of rotatable bonds is 6. The standard InChI is InChI=1S/C13H22O3/c1-4-5-10-16-13(15)12(14)9-7-6-8-11(2)3/h11-12,14H,4-6,8,10H2,1-3H3. The summed E-state index contributed by atoms with van der Waals surface area (Å²) < 4.78 is 4.83. The lowest BCUT2D eigenvalue weighted by molar-refractivity contribution is -0.150. The van der Waals surface area contributed by atoms with E-state index in [0.29, 0.717) is 18.9 Å². The smallest absolute Gasteiger partial charge is 0.347 e. The molecule has 0 fully saturated rings. The van der Waals surface area contributed by atoms with Crippen molar-refractivity contribution in [2.45, 2.75) is 52.6 Å². The maximum atomic E-state index is 11.2. The van der Waals surface area contributed by atoms with Crippen LogP contribution in [0.2, 0.25) is 0 Å². The van der Waals surface area contributed by atoms with Gasteiger partial charge in [0.2, 0.25) is 6.10 Å². The second-order valence-corrected chi connectivity index (χ2v) is 4.18. The number of carbonyl (C=O) groups excluding carboxylic acids is 1. The van der Waals surface area contributed by atoms with Gasteiger partial charge in [0.1, 0.15) is 0 Å². The molecule has 0 amide bonds. The Hall–Kier alpha value is -1.01. The van der Waals surface area contributed by atoms with Crippen molar-refractivity contribution in [3.05, 3.63) is 0 Å². The zero-order valence-electron chi connectivity index (χ0n) is 10.5. The van der Waals surface area contributed by atoms with Crippen molar-refractivity contribution in [2.24, 2.45) is 5.92 Å². The van der Waals surface area contributed by atoms with Gasteiger partial charge in [0.05, 0.1) is 6.61 Å². The van der Waals surface area contributed by atoms with Gasteiger partial charge in [-0.05, 0) is 18.8 Å². The Morgan fingerprint density at radius 3 is 2.69 bits per heavy atom. The zero-order chi connectivity index (χ0) is 12.4.